The van der Waals surface area contributed by atoms with Gasteiger partial charge in [0.1, 0.15) is 17.2 Å². The van der Waals surface area contributed by atoms with Gasteiger partial charge in [0.05, 0.1) is 12.8 Å². The van der Waals surface area contributed by atoms with Crippen LogP contribution in [0.2, 0.25) is 0 Å². The summed E-state index contributed by atoms with van der Waals surface area (Å²) in [5.74, 6) is 1.53. The minimum atomic E-state index is 0.605. The van der Waals surface area contributed by atoms with E-state index in [1.165, 1.54) is 5.56 Å². The molecule has 1 aromatic carbocycles. The van der Waals surface area contributed by atoms with Crippen LogP contribution in [0.1, 0.15) is 5.69 Å². The molecule has 1 fully saturated rings. The van der Waals surface area contributed by atoms with E-state index in [4.69, 9.17) is 9.72 Å². The topological polar surface area (TPSA) is 54.4 Å². The van der Waals surface area contributed by atoms with Gasteiger partial charge in [-0.1, -0.05) is 30.3 Å². The summed E-state index contributed by atoms with van der Waals surface area (Å²) in [6, 6.07) is 12.2. The molecule has 1 aliphatic heterocycles. The zero-order valence-corrected chi connectivity index (χ0v) is 15.5. The van der Waals surface area contributed by atoms with Crippen LogP contribution < -0.4 is 9.64 Å². The maximum absolute atomic E-state index is 5.19. The van der Waals surface area contributed by atoms with Crippen LogP contribution in [0.5, 0.6) is 5.88 Å². The Labute approximate surface area is 157 Å². The van der Waals surface area contributed by atoms with Gasteiger partial charge in [-0.3, -0.25) is 4.90 Å². The third-order valence-corrected chi connectivity index (χ3v) is 5.43. The van der Waals surface area contributed by atoms with Crippen LogP contribution in [0, 0.1) is 0 Å². The number of thiazole rings is 1. The molecule has 0 unspecified atom stereocenters. The number of benzene rings is 1. The number of nitrogens with zero attached hydrogens (tertiary/aromatic N) is 5. The highest BCUT2D eigenvalue weighted by atomic mass is 32.1. The number of methoxy groups -OCH3 is 1. The van der Waals surface area contributed by atoms with Crippen molar-refractivity contribution in [1.29, 1.82) is 0 Å². The monoisotopic (exact) mass is 367 g/mol. The van der Waals surface area contributed by atoms with Crippen LogP contribution in [-0.4, -0.2) is 53.1 Å². The molecule has 1 saturated heterocycles. The molecule has 1 aliphatic rings. The van der Waals surface area contributed by atoms with Crippen molar-refractivity contribution in [1.82, 2.24) is 19.9 Å². The first-order chi connectivity index (χ1) is 12.8. The fraction of sp³-hybridized carbons (Fsp3) is 0.316. The quantitative estimate of drug-likeness (QED) is 0.691. The van der Waals surface area contributed by atoms with E-state index < -0.39 is 0 Å². The number of aromatic nitrogens is 3. The smallest absolute Gasteiger partial charge is 0.218 e. The molecule has 26 heavy (non-hydrogen) atoms. The molecule has 0 saturated carbocycles. The highest BCUT2D eigenvalue weighted by molar-refractivity contribution is 7.13. The highest BCUT2D eigenvalue weighted by Gasteiger charge is 2.19. The Hall–Kier alpha value is -2.51. The molecule has 0 bridgehead atoms. The highest BCUT2D eigenvalue weighted by Crippen LogP contribution is 2.24. The van der Waals surface area contributed by atoms with E-state index in [1.54, 1.807) is 24.8 Å². The largest absolute Gasteiger partial charge is 0.481 e. The Morgan fingerprint density at radius 3 is 2.65 bits per heavy atom. The predicted molar refractivity (Wildman–Crippen MR) is 104 cm³/mol. The second-order valence-electron chi connectivity index (χ2n) is 6.19. The summed E-state index contributed by atoms with van der Waals surface area (Å²) in [6.07, 6.45) is 1.56. The zero-order valence-electron chi connectivity index (χ0n) is 14.7. The Bertz CT molecular complexity index is 846. The molecule has 0 spiro atoms. The summed E-state index contributed by atoms with van der Waals surface area (Å²) < 4.78 is 5.19. The standard InChI is InChI=1S/C19H21N5OS/c1-25-18-11-17(20-14-21-18)24-9-7-23(8-10-24)12-16-13-26-19(22-16)15-5-3-2-4-6-15/h2-6,11,13-14H,7-10,12H2,1H3. The fourth-order valence-electron chi connectivity index (χ4n) is 3.07. The molecule has 0 radical (unpaired) electrons. The number of hydrogen-bond acceptors (Lipinski definition) is 7. The van der Waals surface area contributed by atoms with Crippen LogP contribution >= 0.6 is 11.3 Å². The summed E-state index contributed by atoms with van der Waals surface area (Å²) in [6.45, 7) is 4.75. The molecule has 6 nitrogen and oxygen atoms in total. The van der Waals surface area contributed by atoms with Crippen molar-refractivity contribution in [2.75, 3.05) is 38.2 Å². The second-order valence-corrected chi connectivity index (χ2v) is 7.05. The zero-order chi connectivity index (χ0) is 17.8. The molecule has 7 heteroatoms. The normalized spacial score (nSPS) is 15.2. The number of anilines is 1. The lowest BCUT2D eigenvalue weighted by molar-refractivity contribution is 0.247. The van der Waals surface area contributed by atoms with E-state index in [0.717, 1.165) is 49.2 Å². The summed E-state index contributed by atoms with van der Waals surface area (Å²) >= 11 is 1.71. The van der Waals surface area contributed by atoms with Gasteiger partial charge in [-0.2, -0.15) is 0 Å². The fourth-order valence-corrected chi connectivity index (χ4v) is 3.89. The van der Waals surface area contributed by atoms with Gasteiger partial charge in [0.15, 0.2) is 0 Å². The van der Waals surface area contributed by atoms with Crippen molar-refractivity contribution in [2.45, 2.75) is 6.54 Å². The molecule has 0 amide bonds. The molecule has 134 valence electrons. The summed E-state index contributed by atoms with van der Waals surface area (Å²) in [5.41, 5.74) is 2.33. The lowest BCUT2D eigenvalue weighted by atomic mass is 10.2. The van der Waals surface area contributed by atoms with Gasteiger partial charge in [-0.05, 0) is 0 Å². The lowest BCUT2D eigenvalue weighted by Crippen LogP contribution is -2.46. The number of hydrogen-bond donors (Lipinski definition) is 0. The predicted octanol–water partition coefficient (Wildman–Crippen LogP) is 2.93. The summed E-state index contributed by atoms with van der Waals surface area (Å²) in [7, 11) is 1.63. The van der Waals surface area contributed by atoms with Crippen LogP contribution in [-0.2, 0) is 6.54 Å². The first kappa shape index (κ1) is 16.9. The first-order valence-electron chi connectivity index (χ1n) is 8.65. The average Bonchev–Trinajstić information content (AvgIpc) is 3.18. The Morgan fingerprint density at radius 2 is 1.88 bits per heavy atom. The summed E-state index contributed by atoms with van der Waals surface area (Å²) in [4.78, 5) is 18.0. The van der Waals surface area contributed by atoms with E-state index in [-0.39, 0.29) is 0 Å². The van der Waals surface area contributed by atoms with E-state index >= 15 is 0 Å². The van der Waals surface area contributed by atoms with Gasteiger partial charge in [0, 0.05) is 49.7 Å². The second kappa shape index (κ2) is 7.80. The SMILES string of the molecule is COc1cc(N2CCN(Cc3csc(-c4ccccc4)n3)CC2)ncn1. The van der Waals surface area contributed by atoms with Gasteiger partial charge in [0.2, 0.25) is 5.88 Å². The van der Waals surface area contributed by atoms with E-state index in [2.05, 4.69) is 49.4 Å². The van der Waals surface area contributed by atoms with Crippen LogP contribution in [0.25, 0.3) is 10.6 Å². The van der Waals surface area contributed by atoms with Crippen molar-refractivity contribution < 1.29 is 4.74 Å². The van der Waals surface area contributed by atoms with Crippen LogP contribution in [0.3, 0.4) is 0 Å². The van der Waals surface area contributed by atoms with E-state index in [1.807, 2.05) is 12.1 Å². The van der Waals surface area contributed by atoms with Gasteiger partial charge in [-0.25, -0.2) is 15.0 Å². The minimum Gasteiger partial charge on any atom is -0.481 e. The molecule has 4 rings (SSSR count). The maximum atomic E-state index is 5.19. The molecule has 0 atom stereocenters. The van der Waals surface area contributed by atoms with Gasteiger partial charge in [0.25, 0.3) is 0 Å². The van der Waals surface area contributed by atoms with Crippen molar-refractivity contribution in [3.8, 4) is 16.5 Å². The maximum Gasteiger partial charge on any atom is 0.218 e. The Balaban J connectivity index is 1.35. The van der Waals surface area contributed by atoms with Crippen LogP contribution in [0.4, 0.5) is 5.82 Å². The molecule has 3 heterocycles. The third kappa shape index (κ3) is 3.84. The molecule has 0 N–H and O–H groups in total. The molecular weight excluding hydrogens is 346 g/mol. The minimum absolute atomic E-state index is 0.605. The number of rotatable bonds is 5. The Kier molecular flexibility index (Phi) is 5.08. The average molecular weight is 367 g/mol. The first-order valence-corrected chi connectivity index (χ1v) is 9.53. The Morgan fingerprint density at radius 1 is 1.08 bits per heavy atom. The van der Waals surface area contributed by atoms with Crippen molar-refractivity contribution in [3.05, 3.63) is 53.8 Å². The van der Waals surface area contributed by atoms with Gasteiger partial charge < -0.3 is 9.64 Å². The molecule has 0 aliphatic carbocycles. The lowest BCUT2D eigenvalue weighted by Gasteiger charge is -2.35. The van der Waals surface area contributed by atoms with Crippen molar-refractivity contribution in [2.24, 2.45) is 0 Å². The van der Waals surface area contributed by atoms with E-state index in [0.29, 0.717) is 5.88 Å². The van der Waals surface area contributed by atoms with Crippen molar-refractivity contribution in [3.63, 3.8) is 0 Å². The van der Waals surface area contributed by atoms with Crippen LogP contribution in [0.15, 0.2) is 48.1 Å². The number of piperazine rings is 1. The van der Waals surface area contributed by atoms with Crippen molar-refractivity contribution >= 4 is 17.2 Å². The number of ether oxygens (including phenoxy) is 1. The molecule has 2 aromatic heterocycles. The van der Waals surface area contributed by atoms with Gasteiger partial charge in [-0.15, -0.1) is 11.3 Å². The summed E-state index contributed by atoms with van der Waals surface area (Å²) in [5, 5.41) is 3.26. The molecular formula is C19H21N5OS. The van der Waals surface area contributed by atoms with Gasteiger partial charge >= 0.3 is 0 Å². The van der Waals surface area contributed by atoms with E-state index in [9.17, 15) is 0 Å². The third-order valence-electron chi connectivity index (χ3n) is 4.49. The molecule has 3 aromatic rings.